The summed E-state index contributed by atoms with van der Waals surface area (Å²) < 4.78 is 39.8. The molecule has 0 radical (unpaired) electrons. The van der Waals surface area contributed by atoms with Crippen molar-refractivity contribution in [1.82, 2.24) is 0 Å². The highest BCUT2D eigenvalue weighted by molar-refractivity contribution is 4.81. The van der Waals surface area contributed by atoms with Crippen molar-refractivity contribution in [3.63, 3.8) is 0 Å². The van der Waals surface area contributed by atoms with Gasteiger partial charge in [-0.15, -0.1) is 0 Å². The fraction of sp³-hybridized carbons (Fsp3) is 1.00. The molecule has 0 rings (SSSR count). The maximum Gasteiger partial charge on any atom is 0.411 e. The number of aliphatic hydroxyl groups is 2. The van der Waals surface area contributed by atoms with E-state index in [1.807, 2.05) is 0 Å². The maximum absolute atomic E-state index is 11.8. The minimum absolute atomic E-state index is 0.166. The van der Waals surface area contributed by atoms with Crippen LogP contribution in [0.25, 0.3) is 0 Å². The minimum atomic E-state index is -4.38. The van der Waals surface area contributed by atoms with Gasteiger partial charge in [0.1, 0.15) is 6.61 Å². The topological polar surface area (TPSA) is 49.7 Å². The van der Waals surface area contributed by atoms with Crippen LogP contribution in [0.5, 0.6) is 0 Å². The third-order valence-electron chi connectivity index (χ3n) is 2.51. The molecule has 0 aromatic carbocycles. The van der Waals surface area contributed by atoms with Gasteiger partial charge in [-0.1, -0.05) is 13.8 Å². The normalized spacial score (nSPS) is 13.6. The summed E-state index contributed by atoms with van der Waals surface area (Å²) in [7, 11) is 0. The summed E-state index contributed by atoms with van der Waals surface area (Å²) in [5.41, 5.74) is -1.01. The fourth-order valence-corrected chi connectivity index (χ4v) is 1.04. The van der Waals surface area contributed by atoms with E-state index < -0.39 is 31.4 Å². The first-order valence-corrected chi connectivity index (χ1v) is 4.63. The lowest BCUT2D eigenvalue weighted by Crippen LogP contribution is -2.41. The molecule has 0 atom stereocenters. The van der Waals surface area contributed by atoms with Gasteiger partial charge in [-0.3, -0.25) is 0 Å². The lowest BCUT2D eigenvalue weighted by atomic mass is 9.79. The van der Waals surface area contributed by atoms with E-state index in [-0.39, 0.29) is 12.5 Å². The van der Waals surface area contributed by atoms with Gasteiger partial charge in [0.25, 0.3) is 0 Å². The van der Waals surface area contributed by atoms with E-state index in [1.54, 1.807) is 13.8 Å². The molecule has 0 saturated heterocycles. The quantitative estimate of drug-likeness (QED) is 0.720. The average molecular weight is 230 g/mol. The lowest BCUT2D eigenvalue weighted by Gasteiger charge is -2.33. The molecule has 0 saturated carbocycles. The zero-order valence-corrected chi connectivity index (χ0v) is 8.84. The molecule has 92 valence electrons. The molecule has 2 N–H and O–H groups in total. The first kappa shape index (κ1) is 14.7. The van der Waals surface area contributed by atoms with Crippen LogP contribution in [-0.2, 0) is 4.74 Å². The Morgan fingerprint density at radius 1 is 1.07 bits per heavy atom. The second-order valence-electron chi connectivity index (χ2n) is 3.94. The largest absolute Gasteiger partial charge is 0.411 e. The van der Waals surface area contributed by atoms with Gasteiger partial charge in [-0.2, -0.15) is 13.2 Å². The van der Waals surface area contributed by atoms with Crippen molar-refractivity contribution in [3.05, 3.63) is 0 Å². The standard InChI is InChI=1S/C9H17F3O3/c1-7(2)8(3-13,4-14)5-15-6-9(10,11)12/h7,13-14H,3-6H2,1-2H3. The molecular formula is C9H17F3O3. The average Bonchev–Trinajstić information content (AvgIpc) is 2.10. The van der Waals surface area contributed by atoms with Crippen LogP contribution < -0.4 is 0 Å². The fourth-order valence-electron chi connectivity index (χ4n) is 1.04. The number of hydrogen-bond donors (Lipinski definition) is 2. The smallest absolute Gasteiger partial charge is 0.396 e. The van der Waals surface area contributed by atoms with Crippen LogP contribution in [0.1, 0.15) is 13.8 Å². The highest BCUT2D eigenvalue weighted by Crippen LogP contribution is 2.27. The van der Waals surface area contributed by atoms with Crippen molar-refractivity contribution in [3.8, 4) is 0 Å². The number of aliphatic hydroxyl groups excluding tert-OH is 2. The summed E-state index contributed by atoms with van der Waals surface area (Å²) in [6.07, 6.45) is -4.38. The highest BCUT2D eigenvalue weighted by Gasteiger charge is 2.35. The monoisotopic (exact) mass is 230 g/mol. The molecule has 0 aliphatic rings. The van der Waals surface area contributed by atoms with Gasteiger partial charge in [0.2, 0.25) is 0 Å². The maximum atomic E-state index is 11.8. The zero-order valence-electron chi connectivity index (χ0n) is 8.84. The number of alkyl halides is 3. The third-order valence-corrected chi connectivity index (χ3v) is 2.51. The summed E-state index contributed by atoms with van der Waals surface area (Å²) >= 11 is 0. The second kappa shape index (κ2) is 5.67. The first-order chi connectivity index (χ1) is 6.77. The first-order valence-electron chi connectivity index (χ1n) is 4.63. The van der Waals surface area contributed by atoms with Crippen molar-refractivity contribution in [2.75, 3.05) is 26.4 Å². The lowest BCUT2D eigenvalue weighted by molar-refractivity contribution is -0.187. The molecule has 0 amide bonds. The van der Waals surface area contributed by atoms with Gasteiger partial charge >= 0.3 is 6.18 Å². The van der Waals surface area contributed by atoms with Crippen molar-refractivity contribution >= 4 is 0 Å². The summed E-state index contributed by atoms with van der Waals surface area (Å²) in [5, 5.41) is 18.1. The molecule has 0 bridgehead atoms. The Labute approximate surface area is 86.9 Å². The number of hydrogen-bond acceptors (Lipinski definition) is 3. The molecule has 0 fully saturated rings. The summed E-state index contributed by atoms with van der Waals surface area (Å²) in [6, 6.07) is 0. The minimum Gasteiger partial charge on any atom is -0.396 e. The summed E-state index contributed by atoms with van der Waals surface area (Å²) in [5.74, 6) is -0.166. The molecule has 0 aromatic heterocycles. The van der Waals surface area contributed by atoms with E-state index >= 15 is 0 Å². The third kappa shape index (κ3) is 4.81. The van der Waals surface area contributed by atoms with Gasteiger partial charge in [0.05, 0.1) is 19.8 Å². The van der Waals surface area contributed by atoms with Gasteiger partial charge < -0.3 is 14.9 Å². The van der Waals surface area contributed by atoms with E-state index in [1.165, 1.54) is 0 Å². The Balaban J connectivity index is 4.19. The van der Waals surface area contributed by atoms with E-state index in [2.05, 4.69) is 4.74 Å². The highest BCUT2D eigenvalue weighted by atomic mass is 19.4. The van der Waals surface area contributed by atoms with Crippen molar-refractivity contribution in [1.29, 1.82) is 0 Å². The molecule has 6 heteroatoms. The van der Waals surface area contributed by atoms with E-state index in [0.717, 1.165) is 0 Å². The zero-order chi connectivity index (χ0) is 12.1. The Morgan fingerprint density at radius 2 is 1.53 bits per heavy atom. The van der Waals surface area contributed by atoms with E-state index in [9.17, 15) is 13.2 Å². The Hall–Kier alpha value is -0.330. The molecule has 3 nitrogen and oxygen atoms in total. The predicted octanol–water partition coefficient (Wildman–Crippen LogP) is 1.19. The van der Waals surface area contributed by atoms with Crippen LogP contribution in [0, 0.1) is 11.3 Å². The van der Waals surface area contributed by atoms with Crippen LogP contribution >= 0.6 is 0 Å². The SMILES string of the molecule is CC(C)C(CO)(CO)COCC(F)(F)F. The van der Waals surface area contributed by atoms with E-state index in [4.69, 9.17) is 10.2 Å². The Morgan fingerprint density at radius 3 is 1.80 bits per heavy atom. The van der Waals surface area contributed by atoms with Crippen LogP contribution in [0.4, 0.5) is 13.2 Å². The molecule has 0 aliphatic heterocycles. The van der Waals surface area contributed by atoms with Crippen molar-refractivity contribution < 1.29 is 28.1 Å². The molecule has 0 aliphatic carbocycles. The summed E-state index contributed by atoms with van der Waals surface area (Å²) in [4.78, 5) is 0. The van der Waals surface area contributed by atoms with Gasteiger partial charge in [-0.05, 0) is 5.92 Å². The summed E-state index contributed by atoms with van der Waals surface area (Å²) in [6.45, 7) is 0.948. The Bertz CT molecular complexity index is 176. The van der Waals surface area contributed by atoms with Gasteiger partial charge in [0, 0.05) is 5.41 Å². The number of halogens is 3. The number of rotatable bonds is 6. The van der Waals surface area contributed by atoms with Gasteiger partial charge in [-0.25, -0.2) is 0 Å². The molecular weight excluding hydrogens is 213 g/mol. The van der Waals surface area contributed by atoms with Crippen LogP contribution in [0.3, 0.4) is 0 Å². The van der Waals surface area contributed by atoms with Crippen molar-refractivity contribution in [2.45, 2.75) is 20.0 Å². The van der Waals surface area contributed by atoms with Gasteiger partial charge in [0.15, 0.2) is 0 Å². The molecule has 15 heavy (non-hydrogen) atoms. The predicted molar refractivity (Wildman–Crippen MR) is 48.3 cm³/mol. The van der Waals surface area contributed by atoms with Crippen LogP contribution in [-0.4, -0.2) is 42.8 Å². The molecule has 0 unspecified atom stereocenters. The molecule has 0 heterocycles. The van der Waals surface area contributed by atoms with Crippen LogP contribution in [0.15, 0.2) is 0 Å². The van der Waals surface area contributed by atoms with Crippen molar-refractivity contribution in [2.24, 2.45) is 11.3 Å². The molecule has 0 spiro atoms. The molecule has 0 aromatic rings. The number of ether oxygens (including phenoxy) is 1. The Kier molecular flexibility index (Phi) is 5.55. The second-order valence-corrected chi connectivity index (χ2v) is 3.94. The van der Waals surface area contributed by atoms with Crippen LogP contribution in [0.2, 0.25) is 0 Å². The van der Waals surface area contributed by atoms with E-state index in [0.29, 0.717) is 0 Å².